The lowest BCUT2D eigenvalue weighted by molar-refractivity contribution is 0.478. The van der Waals surface area contributed by atoms with Gasteiger partial charge in [-0.3, -0.25) is 0 Å². The predicted octanol–water partition coefficient (Wildman–Crippen LogP) is 3.23. The molecule has 0 aliphatic heterocycles. The second kappa shape index (κ2) is 5.53. The van der Waals surface area contributed by atoms with E-state index in [4.69, 9.17) is 0 Å². The van der Waals surface area contributed by atoms with E-state index in [1.165, 1.54) is 43.1 Å². The predicted molar refractivity (Wildman–Crippen MR) is 74.4 cm³/mol. The van der Waals surface area contributed by atoms with E-state index in [-0.39, 0.29) is 0 Å². The van der Waals surface area contributed by atoms with Gasteiger partial charge >= 0.3 is 0 Å². The van der Waals surface area contributed by atoms with Gasteiger partial charge in [-0.25, -0.2) is 4.98 Å². The minimum Gasteiger partial charge on any atom is -0.346 e. The van der Waals surface area contributed by atoms with Crippen LogP contribution >= 0.6 is 0 Å². The fourth-order valence-electron chi connectivity index (χ4n) is 2.99. The zero-order valence-electron chi connectivity index (χ0n) is 10.8. The van der Waals surface area contributed by atoms with Crippen molar-refractivity contribution >= 4 is 11.0 Å². The summed E-state index contributed by atoms with van der Waals surface area (Å²) >= 11 is 0. The smallest absolute Gasteiger partial charge is 0.137 e. The molecule has 2 heterocycles. The average Bonchev–Trinajstić information content (AvgIpc) is 3.04. The van der Waals surface area contributed by atoms with Crippen LogP contribution in [0.2, 0.25) is 0 Å². The van der Waals surface area contributed by atoms with Crippen LogP contribution in [0, 0.1) is 5.92 Å². The third-order valence-electron chi connectivity index (χ3n) is 4.06. The monoisotopic (exact) mass is 243 g/mol. The summed E-state index contributed by atoms with van der Waals surface area (Å²) in [5, 5.41) is 4.80. The molecule has 3 nitrogen and oxygen atoms in total. The number of fused-ring (bicyclic) bond motifs is 1. The Hall–Kier alpha value is -1.35. The summed E-state index contributed by atoms with van der Waals surface area (Å²) in [6, 6.07) is 4.13. The number of rotatable bonds is 5. The lowest BCUT2D eigenvalue weighted by Crippen LogP contribution is -2.16. The van der Waals surface area contributed by atoms with E-state index in [0.717, 1.165) is 24.7 Å². The van der Waals surface area contributed by atoms with E-state index in [1.54, 1.807) is 0 Å². The van der Waals surface area contributed by atoms with Crippen LogP contribution in [-0.2, 0) is 6.54 Å². The second-order valence-electron chi connectivity index (χ2n) is 5.33. The van der Waals surface area contributed by atoms with Gasteiger partial charge in [0.1, 0.15) is 5.65 Å². The molecule has 2 aromatic rings. The molecule has 0 unspecified atom stereocenters. The van der Waals surface area contributed by atoms with Crippen LogP contribution in [-0.4, -0.2) is 16.5 Å². The first-order chi connectivity index (χ1) is 8.93. The molecule has 0 aromatic carbocycles. The van der Waals surface area contributed by atoms with Crippen LogP contribution in [0.25, 0.3) is 11.0 Å². The molecule has 18 heavy (non-hydrogen) atoms. The van der Waals surface area contributed by atoms with Gasteiger partial charge in [0.2, 0.25) is 0 Å². The van der Waals surface area contributed by atoms with Gasteiger partial charge in [0.05, 0.1) is 0 Å². The number of nitrogens with zero attached hydrogens (tertiary/aromatic N) is 1. The molecule has 2 aromatic heterocycles. The maximum absolute atomic E-state index is 4.31. The first kappa shape index (κ1) is 11.7. The molecule has 0 bridgehead atoms. The zero-order chi connectivity index (χ0) is 12.2. The summed E-state index contributed by atoms with van der Waals surface area (Å²) in [5.74, 6) is 0.974. The van der Waals surface area contributed by atoms with Crippen molar-refractivity contribution in [3.63, 3.8) is 0 Å². The number of aromatic amines is 1. The molecule has 0 amide bonds. The quantitative estimate of drug-likeness (QED) is 0.792. The third-order valence-corrected chi connectivity index (χ3v) is 4.06. The summed E-state index contributed by atoms with van der Waals surface area (Å²) in [6.45, 7) is 2.08. The number of hydrogen-bond acceptors (Lipinski definition) is 2. The van der Waals surface area contributed by atoms with Crippen LogP contribution in [0.5, 0.6) is 0 Å². The maximum atomic E-state index is 4.31. The number of nitrogens with one attached hydrogen (secondary N) is 2. The first-order valence-electron chi connectivity index (χ1n) is 7.05. The second-order valence-corrected chi connectivity index (χ2v) is 5.33. The van der Waals surface area contributed by atoms with Gasteiger partial charge in [0.25, 0.3) is 0 Å². The van der Waals surface area contributed by atoms with Crippen molar-refractivity contribution in [2.45, 2.75) is 38.6 Å². The highest BCUT2D eigenvalue weighted by molar-refractivity contribution is 5.79. The Morgan fingerprint density at radius 3 is 3.11 bits per heavy atom. The summed E-state index contributed by atoms with van der Waals surface area (Å²) in [4.78, 5) is 7.53. The highest BCUT2D eigenvalue weighted by atomic mass is 14.9. The van der Waals surface area contributed by atoms with Gasteiger partial charge in [-0.15, -0.1) is 0 Å². The molecule has 0 spiro atoms. The van der Waals surface area contributed by atoms with E-state index in [1.807, 2.05) is 12.3 Å². The molecule has 1 aliphatic rings. The maximum Gasteiger partial charge on any atom is 0.137 e. The molecule has 1 fully saturated rings. The third kappa shape index (κ3) is 2.56. The van der Waals surface area contributed by atoms with Crippen molar-refractivity contribution in [3.8, 4) is 0 Å². The molecule has 2 N–H and O–H groups in total. The Bertz CT molecular complexity index is 497. The molecule has 0 saturated heterocycles. The normalized spacial score (nSPS) is 16.7. The van der Waals surface area contributed by atoms with Crippen molar-refractivity contribution < 1.29 is 0 Å². The molecule has 0 atom stereocenters. The van der Waals surface area contributed by atoms with Crippen molar-refractivity contribution in [1.29, 1.82) is 0 Å². The largest absolute Gasteiger partial charge is 0.346 e. The van der Waals surface area contributed by atoms with Crippen molar-refractivity contribution in [1.82, 2.24) is 15.3 Å². The Kier molecular flexibility index (Phi) is 3.60. The molecular formula is C15H21N3. The zero-order valence-corrected chi connectivity index (χ0v) is 10.8. The first-order valence-corrected chi connectivity index (χ1v) is 7.05. The number of H-pyrrole nitrogens is 1. The summed E-state index contributed by atoms with van der Waals surface area (Å²) < 4.78 is 0. The molecule has 0 radical (unpaired) electrons. The highest BCUT2D eigenvalue weighted by Crippen LogP contribution is 2.27. The lowest BCUT2D eigenvalue weighted by Gasteiger charge is -2.09. The Morgan fingerprint density at radius 1 is 1.33 bits per heavy atom. The van der Waals surface area contributed by atoms with Gasteiger partial charge in [-0.1, -0.05) is 25.7 Å². The van der Waals surface area contributed by atoms with Crippen molar-refractivity contribution in [2.75, 3.05) is 6.54 Å². The average molecular weight is 243 g/mol. The fourth-order valence-corrected chi connectivity index (χ4v) is 2.99. The highest BCUT2D eigenvalue weighted by Gasteiger charge is 2.14. The standard InChI is InChI=1S/C15H21N3/c1-2-5-12(4-1)7-9-16-10-13-11-18-15-14(13)6-3-8-17-15/h3,6,8,11-12,16H,1-2,4-5,7,9-10H2,(H,17,18). The number of aromatic nitrogens is 2. The van der Waals surface area contributed by atoms with Crippen LogP contribution in [0.1, 0.15) is 37.7 Å². The minimum absolute atomic E-state index is 0.943. The van der Waals surface area contributed by atoms with E-state index in [0.29, 0.717) is 0 Å². The van der Waals surface area contributed by atoms with Gasteiger partial charge in [-0.05, 0) is 36.6 Å². The molecule has 1 aliphatic carbocycles. The van der Waals surface area contributed by atoms with Crippen molar-refractivity contribution in [2.24, 2.45) is 5.92 Å². The molecule has 96 valence electrons. The minimum atomic E-state index is 0.943. The number of hydrogen-bond donors (Lipinski definition) is 2. The van der Waals surface area contributed by atoms with E-state index >= 15 is 0 Å². The van der Waals surface area contributed by atoms with Gasteiger partial charge in [-0.2, -0.15) is 0 Å². The van der Waals surface area contributed by atoms with E-state index in [9.17, 15) is 0 Å². The summed E-state index contributed by atoms with van der Waals surface area (Å²) in [7, 11) is 0. The molecular weight excluding hydrogens is 222 g/mol. The molecule has 3 heteroatoms. The van der Waals surface area contributed by atoms with Gasteiger partial charge in [0.15, 0.2) is 0 Å². The van der Waals surface area contributed by atoms with Gasteiger partial charge < -0.3 is 10.3 Å². The van der Waals surface area contributed by atoms with Crippen LogP contribution in [0.4, 0.5) is 0 Å². The Labute approximate surface area is 108 Å². The molecule has 3 rings (SSSR count). The summed E-state index contributed by atoms with van der Waals surface area (Å²) in [6.07, 6.45) is 11.0. The number of pyridine rings is 1. The molecule has 1 saturated carbocycles. The topological polar surface area (TPSA) is 40.7 Å². The van der Waals surface area contributed by atoms with Crippen LogP contribution in [0.3, 0.4) is 0 Å². The Balaban J connectivity index is 1.50. The van der Waals surface area contributed by atoms with Crippen LogP contribution < -0.4 is 5.32 Å². The van der Waals surface area contributed by atoms with E-state index < -0.39 is 0 Å². The summed E-state index contributed by atoms with van der Waals surface area (Å²) in [5.41, 5.74) is 2.31. The SMILES string of the molecule is c1cnc2[nH]cc(CNCCC3CCCC3)c2c1. The van der Waals surface area contributed by atoms with E-state index in [2.05, 4.69) is 27.5 Å². The fraction of sp³-hybridized carbons (Fsp3) is 0.533. The van der Waals surface area contributed by atoms with Crippen molar-refractivity contribution in [3.05, 3.63) is 30.1 Å². The van der Waals surface area contributed by atoms with Gasteiger partial charge in [0, 0.05) is 24.3 Å². The van der Waals surface area contributed by atoms with Crippen LogP contribution in [0.15, 0.2) is 24.5 Å². The lowest BCUT2D eigenvalue weighted by atomic mass is 10.0. The Morgan fingerprint density at radius 2 is 2.22 bits per heavy atom.